The largest absolute Gasteiger partial charge is 0.351 e. The van der Waals surface area contributed by atoms with E-state index in [9.17, 15) is 4.79 Å². The van der Waals surface area contributed by atoms with Gasteiger partial charge in [0.2, 0.25) is 5.91 Å². The summed E-state index contributed by atoms with van der Waals surface area (Å²) in [4.78, 5) is 13.7. The molecule has 0 fully saturated rings. The van der Waals surface area contributed by atoms with E-state index in [0.29, 0.717) is 0 Å². The number of quaternary nitrogens is 1. The SMILES string of the molecule is CC(=O)N1CC[C@@H]([NH3+])c2cc(Cc3ccccc3)cc(Br)c21. The fraction of sp³-hybridized carbons (Fsp3) is 0.278. The van der Waals surface area contributed by atoms with Crippen LogP contribution >= 0.6 is 15.9 Å². The van der Waals surface area contributed by atoms with Crippen LogP contribution in [-0.4, -0.2) is 12.5 Å². The Labute approximate surface area is 139 Å². The van der Waals surface area contributed by atoms with Gasteiger partial charge in [0.15, 0.2) is 0 Å². The first-order valence-electron chi connectivity index (χ1n) is 7.53. The van der Waals surface area contributed by atoms with Gasteiger partial charge in [-0.3, -0.25) is 4.79 Å². The second-order valence-electron chi connectivity index (χ2n) is 5.83. The molecule has 2 aromatic carbocycles. The van der Waals surface area contributed by atoms with Crippen LogP contribution in [0.2, 0.25) is 0 Å². The van der Waals surface area contributed by atoms with Crippen LogP contribution in [0.3, 0.4) is 0 Å². The third-order valence-electron chi connectivity index (χ3n) is 4.19. The Morgan fingerprint density at radius 3 is 2.68 bits per heavy atom. The number of anilines is 1. The summed E-state index contributed by atoms with van der Waals surface area (Å²) in [6.07, 6.45) is 1.80. The fourth-order valence-electron chi connectivity index (χ4n) is 3.08. The van der Waals surface area contributed by atoms with Gasteiger partial charge < -0.3 is 10.6 Å². The number of halogens is 1. The van der Waals surface area contributed by atoms with E-state index in [1.807, 2.05) is 11.0 Å². The number of nitrogens with zero attached hydrogens (tertiary/aromatic N) is 1. The third-order valence-corrected chi connectivity index (χ3v) is 4.80. The maximum Gasteiger partial charge on any atom is 0.223 e. The van der Waals surface area contributed by atoms with E-state index in [0.717, 1.165) is 29.5 Å². The molecule has 114 valence electrons. The molecule has 1 aliphatic rings. The smallest absolute Gasteiger partial charge is 0.223 e. The average Bonchev–Trinajstić information content (AvgIpc) is 2.49. The molecule has 0 aromatic heterocycles. The van der Waals surface area contributed by atoms with E-state index < -0.39 is 0 Å². The number of hydrogen-bond acceptors (Lipinski definition) is 1. The minimum atomic E-state index is 0.0876. The number of carbonyl (C=O) groups is 1. The Kier molecular flexibility index (Phi) is 4.32. The molecular weight excluding hydrogens is 340 g/mol. The second kappa shape index (κ2) is 6.23. The number of rotatable bonds is 2. The van der Waals surface area contributed by atoms with Crippen LogP contribution in [0.15, 0.2) is 46.9 Å². The van der Waals surface area contributed by atoms with Gasteiger partial charge >= 0.3 is 0 Å². The lowest BCUT2D eigenvalue weighted by molar-refractivity contribution is -0.427. The van der Waals surface area contributed by atoms with Crippen LogP contribution in [0.25, 0.3) is 0 Å². The maximum atomic E-state index is 11.9. The molecule has 1 amide bonds. The summed E-state index contributed by atoms with van der Waals surface area (Å²) in [6.45, 7) is 2.37. The molecular formula is C18H20BrN2O+. The molecule has 1 atom stereocenters. The van der Waals surface area contributed by atoms with Gasteiger partial charge in [-0.15, -0.1) is 0 Å². The van der Waals surface area contributed by atoms with Gasteiger partial charge in [-0.2, -0.15) is 0 Å². The van der Waals surface area contributed by atoms with Crippen LogP contribution in [0.4, 0.5) is 5.69 Å². The first kappa shape index (κ1) is 15.3. The van der Waals surface area contributed by atoms with Gasteiger partial charge in [-0.1, -0.05) is 30.3 Å². The van der Waals surface area contributed by atoms with Crippen molar-refractivity contribution in [3.05, 3.63) is 63.6 Å². The molecule has 0 bridgehead atoms. The zero-order valence-corrected chi connectivity index (χ0v) is 14.3. The fourth-order valence-corrected chi connectivity index (χ4v) is 3.81. The summed E-state index contributed by atoms with van der Waals surface area (Å²) >= 11 is 3.66. The van der Waals surface area contributed by atoms with Gasteiger partial charge in [0.25, 0.3) is 0 Å². The molecule has 0 radical (unpaired) electrons. The quantitative estimate of drug-likeness (QED) is 0.879. The molecule has 0 aliphatic carbocycles. The summed E-state index contributed by atoms with van der Waals surface area (Å²) in [7, 11) is 0. The van der Waals surface area contributed by atoms with Crippen LogP contribution < -0.4 is 10.6 Å². The Bertz CT molecular complexity index is 700. The summed E-state index contributed by atoms with van der Waals surface area (Å²) < 4.78 is 0.986. The standard InChI is InChI=1S/C18H19BrN2O/c1-12(22)21-8-7-17(20)15-10-14(11-16(19)18(15)21)9-13-5-3-2-4-6-13/h2-6,10-11,17H,7-9,20H2,1H3/p+1/t17-/m1/s1. The average molecular weight is 360 g/mol. The van der Waals surface area contributed by atoms with Crippen molar-refractivity contribution in [2.45, 2.75) is 25.8 Å². The molecule has 0 unspecified atom stereocenters. The summed E-state index contributed by atoms with van der Waals surface area (Å²) in [5.74, 6) is 0.0876. The van der Waals surface area contributed by atoms with Crippen LogP contribution in [0, 0.1) is 0 Å². The second-order valence-corrected chi connectivity index (χ2v) is 6.69. The summed E-state index contributed by atoms with van der Waals surface area (Å²) in [6, 6.07) is 15.0. The van der Waals surface area contributed by atoms with Crippen molar-refractivity contribution < 1.29 is 10.5 Å². The molecule has 0 saturated heterocycles. The van der Waals surface area contributed by atoms with Crippen molar-refractivity contribution in [1.82, 2.24) is 0 Å². The maximum absolute atomic E-state index is 11.9. The predicted octanol–water partition coefficient (Wildman–Crippen LogP) is 3.08. The molecule has 3 rings (SSSR count). The Morgan fingerprint density at radius 2 is 2.00 bits per heavy atom. The molecule has 0 spiro atoms. The number of carbonyl (C=O) groups excluding carboxylic acids is 1. The highest BCUT2D eigenvalue weighted by atomic mass is 79.9. The van der Waals surface area contributed by atoms with Gasteiger partial charge in [0, 0.05) is 29.9 Å². The van der Waals surface area contributed by atoms with E-state index in [4.69, 9.17) is 0 Å². The van der Waals surface area contributed by atoms with E-state index >= 15 is 0 Å². The van der Waals surface area contributed by atoms with Crippen molar-refractivity contribution in [1.29, 1.82) is 0 Å². The van der Waals surface area contributed by atoms with E-state index in [1.165, 1.54) is 16.7 Å². The molecule has 2 aromatic rings. The Balaban J connectivity index is 2.01. The predicted molar refractivity (Wildman–Crippen MR) is 91.7 cm³/mol. The monoisotopic (exact) mass is 359 g/mol. The summed E-state index contributed by atoms with van der Waals surface area (Å²) in [5, 5.41) is 0. The lowest BCUT2D eigenvalue weighted by Gasteiger charge is -2.32. The van der Waals surface area contributed by atoms with Gasteiger partial charge in [-0.25, -0.2) is 0 Å². The number of fused-ring (bicyclic) bond motifs is 1. The van der Waals surface area contributed by atoms with Crippen LogP contribution in [0.5, 0.6) is 0 Å². The van der Waals surface area contributed by atoms with Crippen LogP contribution in [-0.2, 0) is 11.2 Å². The highest BCUT2D eigenvalue weighted by molar-refractivity contribution is 9.10. The van der Waals surface area contributed by atoms with E-state index in [2.05, 4.69) is 58.1 Å². The minimum absolute atomic E-state index is 0.0876. The van der Waals surface area contributed by atoms with Gasteiger partial charge in [0.1, 0.15) is 6.04 Å². The zero-order valence-electron chi connectivity index (χ0n) is 12.7. The molecule has 4 heteroatoms. The molecule has 22 heavy (non-hydrogen) atoms. The van der Waals surface area contributed by atoms with Crippen molar-refractivity contribution in [2.75, 3.05) is 11.4 Å². The van der Waals surface area contributed by atoms with Crippen molar-refractivity contribution in [3.8, 4) is 0 Å². The number of hydrogen-bond donors (Lipinski definition) is 1. The van der Waals surface area contributed by atoms with Crippen molar-refractivity contribution in [3.63, 3.8) is 0 Å². The molecule has 3 N–H and O–H groups in total. The Hall–Kier alpha value is -1.65. The first-order valence-corrected chi connectivity index (χ1v) is 8.33. The molecule has 0 saturated carbocycles. The van der Waals surface area contributed by atoms with Gasteiger partial charge in [0.05, 0.1) is 5.69 Å². The highest BCUT2D eigenvalue weighted by Crippen LogP contribution is 2.39. The minimum Gasteiger partial charge on any atom is -0.351 e. The van der Waals surface area contributed by atoms with Crippen molar-refractivity contribution >= 4 is 27.5 Å². The zero-order chi connectivity index (χ0) is 15.7. The van der Waals surface area contributed by atoms with E-state index in [-0.39, 0.29) is 11.9 Å². The number of benzene rings is 2. The van der Waals surface area contributed by atoms with Crippen LogP contribution in [0.1, 0.15) is 36.1 Å². The molecule has 3 nitrogen and oxygen atoms in total. The Morgan fingerprint density at radius 1 is 1.27 bits per heavy atom. The molecule has 1 heterocycles. The lowest BCUT2D eigenvalue weighted by Crippen LogP contribution is -2.57. The molecule has 1 aliphatic heterocycles. The third kappa shape index (κ3) is 2.94. The number of amides is 1. The lowest BCUT2D eigenvalue weighted by atomic mass is 9.93. The van der Waals surface area contributed by atoms with Crippen molar-refractivity contribution in [2.24, 2.45) is 0 Å². The van der Waals surface area contributed by atoms with Gasteiger partial charge in [-0.05, 0) is 45.6 Å². The first-order chi connectivity index (χ1) is 10.6. The topological polar surface area (TPSA) is 48.0 Å². The van der Waals surface area contributed by atoms with E-state index in [1.54, 1.807) is 6.92 Å². The normalized spacial score (nSPS) is 17.2. The summed E-state index contributed by atoms with van der Waals surface area (Å²) in [5.41, 5.74) is 8.96. The highest BCUT2D eigenvalue weighted by Gasteiger charge is 2.29.